The van der Waals surface area contributed by atoms with Crippen LogP contribution in [0.5, 0.6) is 0 Å². The quantitative estimate of drug-likeness (QED) is 0.460. The van der Waals surface area contributed by atoms with Crippen molar-refractivity contribution in [3.05, 3.63) is 48.7 Å². The Hall–Kier alpha value is -2.49. The number of nitrogens with one attached hydrogen (secondary N) is 1. The van der Waals surface area contributed by atoms with Gasteiger partial charge in [0.15, 0.2) is 5.82 Å². The van der Waals surface area contributed by atoms with E-state index in [9.17, 15) is 14.7 Å². The number of aliphatic hydroxyl groups is 1. The molecule has 0 saturated heterocycles. The SMILES string of the molecule is Cc1c(-c2cc3c(s2)CCCC3C(O)CN)c(F)c(N)c2c(=O)[nH]c(=O)n(C3CC3)c12. The van der Waals surface area contributed by atoms with Crippen molar-refractivity contribution in [1.82, 2.24) is 9.55 Å². The summed E-state index contributed by atoms with van der Waals surface area (Å²) in [6.45, 7) is 1.91. The maximum atomic E-state index is 15.6. The van der Waals surface area contributed by atoms with Gasteiger partial charge in [-0.2, -0.15) is 0 Å². The topological polar surface area (TPSA) is 127 Å². The first kappa shape index (κ1) is 20.4. The molecule has 3 aromatic rings. The van der Waals surface area contributed by atoms with Crippen LogP contribution in [-0.4, -0.2) is 27.3 Å². The Kier molecular flexibility index (Phi) is 4.80. The smallest absolute Gasteiger partial charge is 0.329 e. The number of aryl methyl sites for hydroxylation is 2. The molecular weight excluding hydrogens is 419 g/mol. The summed E-state index contributed by atoms with van der Waals surface area (Å²) in [6, 6.07) is 1.91. The molecule has 1 fully saturated rings. The molecule has 2 atom stereocenters. The number of rotatable bonds is 4. The van der Waals surface area contributed by atoms with Gasteiger partial charge in [0.1, 0.15) is 0 Å². The predicted octanol–water partition coefficient (Wildman–Crippen LogP) is 2.52. The van der Waals surface area contributed by atoms with Gasteiger partial charge in [0.25, 0.3) is 5.56 Å². The summed E-state index contributed by atoms with van der Waals surface area (Å²) < 4.78 is 17.1. The molecule has 6 N–H and O–H groups in total. The van der Waals surface area contributed by atoms with Crippen LogP contribution in [0, 0.1) is 12.7 Å². The molecule has 2 heterocycles. The van der Waals surface area contributed by atoms with Crippen molar-refractivity contribution in [2.45, 2.75) is 57.1 Å². The molecule has 0 spiro atoms. The summed E-state index contributed by atoms with van der Waals surface area (Å²) in [5.41, 5.74) is 12.7. The number of nitrogens with zero attached hydrogens (tertiary/aromatic N) is 1. The molecule has 31 heavy (non-hydrogen) atoms. The Bertz CT molecular complexity index is 1320. The zero-order chi connectivity index (χ0) is 22.0. The highest BCUT2D eigenvalue weighted by atomic mass is 32.1. The summed E-state index contributed by atoms with van der Waals surface area (Å²) in [7, 11) is 0. The minimum Gasteiger partial charge on any atom is -0.396 e. The standard InChI is InChI=1S/C22H25FN4O3S/c1-9-16(15-7-12-11(13(28)8-24)3-2-4-14(12)31-15)18(23)19(25)17-20(9)27(10-5-6-10)22(30)26-21(17)29/h7,10-11,13,28H,2-6,8,24-25H2,1H3,(H,26,29,30). The lowest BCUT2D eigenvalue weighted by Crippen LogP contribution is -2.31. The molecule has 9 heteroatoms. The summed E-state index contributed by atoms with van der Waals surface area (Å²) in [5, 5.41) is 10.4. The lowest BCUT2D eigenvalue weighted by atomic mass is 9.83. The molecule has 1 aromatic carbocycles. The molecule has 164 valence electrons. The van der Waals surface area contributed by atoms with Gasteiger partial charge >= 0.3 is 5.69 Å². The van der Waals surface area contributed by atoms with Gasteiger partial charge in [-0.05, 0) is 56.2 Å². The zero-order valence-corrected chi connectivity index (χ0v) is 18.0. The number of hydrogen-bond acceptors (Lipinski definition) is 6. The van der Waals surface area contributed by atoms with Gasteiger partial charge in [0, 0.05) is 33.8 Å². The maximum absolute atomic E-state index is 15.6. The molecule has 1 saturated carbocycles. The molecule has 0 bridgehead atoms. The monoisotopic (exact) mass is 444 g/mol. The number of halogens is 1. The molecule has 0 radical (unpaired) electrons. The number of anilines is 1. The average molecular weight is 445 g/mol. The lowest BCUT2D eigenvalue weighted by molar-refractivity contribution is 0.142. The number of nitrogen functional groups attached to an aromatic ring is 1. The van der Waals surface area contributed by atoms with E-state index in [0.717, 1.165) is 42.5 Å². The van der Waals surface area contributed by atoms with E-state index in [1.54, 1.807) is 11.5 Å². The van der Waals surface area contributed by atoms with Crippen LogP contribution in [0.15, 0.2) is 15.7 Å². The fourth-order valence-corrected chi connectivity index (χ4v) is 6.32. The van der Waals surface area contributed by atoms with Crippen molar-refractivity contribution in [2.75, 3.05) is 12.3 Å². The van der Waals surface area contributed by atoms with Crippen LogP contribution >= 0.6 is 11.3 Å². The van der Waals surface area contributed by atoms with Gasteiger partial charge in [-0.1, -0.05) is 0 Å². The molecular formula is C22H25FN4O3S. The first-order valence-corrected chi connectivity index (χ1v) is 11.4. The number of nitrogens with two attached hydrogens (primary N) is 2. The summed E-state index contributed by atoms with van der Waals surface area (Å²) in [5.74, 6) is -0.724. The number of benzene rings is 1. The summed E-state index contributed by atoms with van der Waals surface area (Å²) in [6.07, 6.45) is 3.65. The first-order chi connectivity index (χ1) is 14.8. The van der Waals surface area contributed by atoms with Gasteiger partial charge < -0.3 is 16.6 Å². The molecule has 2 unspecified atom stereocenters. The van der Waals surface area contributed by atoms with Gasteiger partial charge in [-0.3, -0.25) is 14.3 Å². The highest BCUT2D eigenvalue weighted by Crippen LogP contribution is 2.46. The lowest BCUT2D eigenvalue weighted by Gasteiger charge is -2.26. The van der Waals surface area contributed by atoms with Crippen LogP contribution in [0.2, 0.25) is 0 Å². The Labute approximate surface area is 181 Å². The molecule has 0 aliphatic heterocycles. The summed E-state index contributed by atoms with van der Waals surface area (Å²) >= 11 is 1.48. The van der Waals surface area contributed by atoms with Crippen LogP contribution in [0.25, 0.3) is 21.3 Å². The largest absolute Gasteiger partial charge is 0.396 e. The second kappa shape index (κ2) is 7.29. The van der Waals surface area contributed by atoms with E-state index in [-0.39, 0.29) is 29.6 Å². The van der Waals surface area contributed by atoms with Crippen LogP contribution in [0.1, 0.15) is 53.6 Å². The number of fused-ring (bicyclic) bond motifs is 2. The third kappa shape index (κ3) is 3.06. The second-order valence-corrected chi connectivity index (χ2v) is 9.74. The highest BCUT2D eigenvalue weighted by Gasteiger charge is 2.32. The van der Waals surface area contributed by atoms with Crippen molar-refractivity contribution in [1.29, 1.82) is 0 Å². The third-order valence-electron chi connectivity index (χ3n) is 6.62. The van der Waals surface area contributed by atoms with E-state index in [1.165, 1.54) is 11.3 Å². The minimum absolute atomic E-state index is 0.0103. The van der Waals surface area contributed by atoms with Crippen molar-refractivity contribution >= 4 is 27.9 Å². The van der Waals surface area contributed by atoms with E-state index in [2.05, 4.69) is 4.98 Å². The molecule has 2 aliphatic carbocycles. The van der Waals surface area contributed by atoms with E-state index in [4.69, 9.17) is 11.5 Å². The number of H-pyrrole nitrogens is 1. The van der Waals surface area contributed by atoms with Crippen LogP contribution in [0.3, 0.4) is 0 Å². The zero-order valence-electron chi connectivity index (χ0n) is 17.2. The van der Waals surface area contributed by atoms with Crippen LogP contribution in [0.4, 0.5) is 10.1 Å². The summed E-state index contributed by atoms with van der Waals surface area (Å²) in [4.78, 5) is 29.2. The molecule has 7 nitrogen and oxygen atoms in total. The molecule has 2 aromatic heterocycles. The van der Waals surface area contributed by atoms with E-state index >= 15 is 4.39 Å². The predicted molar refractivity (Wildman–Crippen MR) is 120 cm³/mol. The molecule has 5 rings (SSSR count). The van der Waals surface area contributed by atoms with Crippen molar-refractivity contribution in [3.63, 3.8) is 0 Å². The Morgan fingerprint density at radius 3 is 2.77 bits per heavy atom. The fraction of sp³-hybridized carbons (Fsp3) is 0.455. The molecule has 2 aliphatic rings. The number of aromatic amines is 1. The molecule has 0 amide bonds. The Morgan fingerprint density at radius 2 is 2.10 bits per heavy atom. The fourth-order valence-electron chi connectivity index (χ4n) is 4.95. The Morgan fingerprint density at radius 1 is 1.35 bits per heavy atom. The van der Waals surface area contributed by atoms with Gasteiger partial charge in [-0.15, -0.1) is 11.3 Å². The Balaban J connectivity index is 1.79. The van der Waals surface area contributed by atoms with Gasteiger partial charge in [0.05, 0.1) is 22.7 Å². The van der Waals surface area contributed by atoms with E-state index in [1.807, 2.05) is 6.07 Å². The number of aromatic nitrogens is 2. The normalized spacial score (nSPS) is 19.5. The van der Waals surface area contributed by atoms with Crippen molar-refractivity contribution < 1.29 is 9.50 Å². The highest BCUT2D eigenvalue weighted by molar-refractivity contribution is 7.15. The van der Waals surface area contributed by atoms with Gasteiger partial charge in [-0.25, -0.2) is 9.18 Å². The van der Waals surface area contributed by atoms with Crippen LogP contribution < -0.4 is 22.7 Å². The van der Waals surface area contributed by atoms with Gasteiger partial charge in [0.2, 0.25) is 0 Å². The number of aliphatic hydroxyl groups excluding tert-OH is 1. The second-order valence-electron chi connectivity index (χ2n) is 8.60. The van der Waals surface area contributed by atoms with E-state index in [0.29, 0.717) is 21.5 Å². The average Bonchev–Trinajstić information content (AvgIpc) is 3.48. The van der Waals surface area contributed by atoms with Crippen LogP contribution in [-0.2, 0) is 6.42 Å². The third-order valence-corrected chi connectivity index (χ3v) is 7.85. The van der Waals surface area contributed by atoms with Crippen molar-refractivity contribution in [3.8, 4) is 10.4 Å². The number of thiophene rings is 1. The van der Waals surface area contributed by atoms with E-state index < -0.39 is 23.2 Å². The minimum atomic E-state index is -0.667. The van der Waals surface area contributed by atoms with Crippen molar-refractivity contribution in [2.24, 2.45) is 5.73 Å². The first-order valence-electron chi connectivity index (χ1n) is 10.6. The number of hydrogen-bond donors (Lipinski definition) is 4. The maximum Gasteiger partial charge on any atom is 0.329 e.